The normalized spacial score (nSPS) is 10.5. The zero-order chi connectivity index (χ0) is 25.0. The Morgan fingerprint density at radius 3 is 2.00 bits per heavy atom. The first-order chi connectivity index (χ1) is 17.0. The predicted octanol–water partition coefficient (Wildman–Crippen LogP) is 7.56. The number of thiol groups is 1. The number of carbonyl (C=O) groups is 1. The zero-order valence-corrected chi connectivity index (χ0v) is 21.6. The molecule has 0 fully saturated rings. The lowest BCUT2D eigenvalue weighted by molar-refractivity contribution is -0.114. The minimum absolute atomic E-state index is 0.0231. The van der Waals surface area contributed by atoms with Crippen molar-refractivity contribution in [3.8, 4) is 22.7 Å². The molecule has 0 aliphatic heterocycles. The minimum Gasteiger partial charge on any atom is -0.487 e. The molecular formula is C30H34N2O2S. The van der Waals surface area contributed by atoms with Gasteiger partial charge in [-0.3, -0.25) is 4.79 Å². The lowest BCUT2D eigenvalue weighted by Gasteiger charge is -2.07. The number of aryl methyl sites for hydroxylation is 1. The van der Waals surface area contributed by atoms with E-state index in [1.54, 1.807) is 0 Å². The summed E-state index contributed by atoms with van der Waals surface area (Å²) in [6.45, 7) is 6.59. The molecule has 0 aliphatic carbocycles. The largest absolute Gasteiger partial charge is 0.487 e. The number of nitrogens with zero attached hydrogens (tertiary/aromatic N) is 2. The second-order valence-electron chi connectivity index (χ2n) is 8.27. The summed E-state index contributed by atoms with van der Waals surface area (Å²) in [5, 5.41) is 4.82. The molecule has 0 saturated carbocycles. The molecule has 35 heavy (non-hydrogen) atoms. The molecule has 182 valence electrons. The first-order valence-electron chi connectivity index (χ1n) is 12.2. The number of hydrogen-bond donors (Lipinski definition) is 1. The van der Waals surface area contributed by atoms with Crippen molar-refractivity contribution in [2.45, 2.75) is 46.6 Å². The molecule has 1 aromatic heterocycles. The average molecular weight is 487 g/mol. The summed E-state index contributed by atoms with van der Waals surface area (Å²) in [4.78, 5) is 10.5. The molecule has 4 rings (SSSR count). The fraction of sp³-hybridized carbons (Fsp3) is 0.267. The number of benzene rings is 3. The Kier molecular flexibility index (Phi) is 10.2. The second-order valence-corrected chi connectivity index (χ2v) is 8.71. The standard InChI is InChI=1S/C24H22N2O.C6H12OS/c1-2-19-13-15-23(16-14-19)27-18-21-17-24(20-9-5-3-6-10-20)26(25-21)22-11-7-4-8-12-22;1-3-5(4-2)6(7)8/h3-17H,2,18H2,1H3;5H,3-4H2,1-2H3,(H,7,8). The van der Waals surface area contributed by atoms with Gasteiger partial charge in [0.2, 0.25) is 0 Å². The van der Waals surface area contributed by atoms with Crippen LogP contribution in [-0.4, -0.2) is 14.9 Å². The molecule has 4 nitrogen and oxygen atoms in total. The van der Waals surface area contributed by atoms with Gasteiger partial charge in [0.15, 0.2) is 5.12 Å². The molecule has 0 amide bonds. The van der Waals surface area contributed by atoms with Crippen LogP contribution in [-0.2, 0) is 17.8 Å². The van der Waals surface area contributed by atoms with Crippen molar-refractivity contribution in [2.75, 3.05) is 0 Å². The maximum Gasteiger partial charge on any atom is 0.188 e. The van der Waals surface area contributed by atoms with Crippen LogP contribution in [0.25, 0.3) is 16.9 Å². The SMILES string of the molecule is CCC(CC)C(=O)S.CCc1ccc(OCc2cc(-c3ccccc3)n(-c3ccccc3)n2)cc1. The van der Waals surface area contributed by atoms with E-state index in [-0.39, 0.29) is 11.0 Å². The lowest BCUT2D eigenvalue weighted by Crippen LogP contribution is -2.04. The summed E-state index contributed by atoms with van der Waals surface area (Å²) in [5.74, 6) is 1.04. The monoisotopic (exact) mass is 486 g/mol. The van der Waals surface area contributed by atoms with Crippen LogP contribution >= 0.6 is 12.6 Å². The minimum atomic E-state index is 0.0231. The first kappa shape index (κ1) is 26.3. The summed E-state index contributed by atoms with van der Waals surface area (Å²) in [6.07, 6.45) is 2.86. The van der Waals surface area contributed by atoms with Crippen LogP contribution in [0.15, 0.2) is 91.0 Å². The van der Waals surface area contributed by atoms with E-state index in [2.05, 4.69) is 62.0 Å². The van der Waals surface area contributed by atoms with Crippen LogP contribution in [0.2, 0.25) is 0 Å². The number of carbonyl (C=O) groups excluding carboxylic acids is 1. The van der Waals surface area contributed by atoms with Gasteiger partial charge >= 0.3 is 0 Å². The Morgan fingerprint density at radius 2 is 1.49 bits per heavy atom. The molecule has 0 radical (unpaired) electrons. The zero-order valence-electron chi connectivity index (χ0n) is 20.7. The van der Waals surface area contributed by atoms with E-state index in [0.717, 1.165) is 47.7 Å². The van der Waals surface area contributed by atoms with Gasteiger partial charge in [0, 0.05) is 11.5 Å². The summed E-state index contributed by atoms with van der Waals surface area (Å²) >= 11 is 3.71. The highest BCUT2D eigenvalue weighted by Crippen LogP contribution is 2.24. The molecule has 0 N–H and O–H groups in total. The molecule has 0 unspecified atom stereocenters. The van der Waals surface area contributed by atoms with E-state index in [9.17, 15) is 4.79 Å². The van der Waals surface area contributed by atoms with E-state index in [1.807, 2.05) is 67.1 Å². The van der Waals surface area contributed by atoms with Gasteiger partial charge in [-0.15, -0.1) is 12.6 Å². The van der Waals surface area contributed by atoms with Crippen LogP contribution in [0, 0.1) is 5.92 Å². The summed E-state index contributed by atoms with van der Waals surface area (Å²) in [6, 6.07) is 30.9. The quantitative estimate of drug-likeness (QED) is 0.248. The van der Waals surface area contributed by atoms with Gasteiger partial charge in [-0.1, -0.05) is 81.4 Å². The van der Waals surface area contributed by atoms with Crippen LogP contribution in [0.4, 0.5) is 0 Å². The second kappa shape index (κ2) is 13.5. The number of para-hydroxylation sites is 1. The van der Waals surface area contributed by atoms with Crippen LogP contribution in [0.3, 0.4) is 0 Å². The summed E-state index contributed by atoms with van der Waals surface area (Å²) < 4.78 is 7.94. The molecule has 0 aliphatic rings. The lowest BCUT2D eigenvalue weighted by atomic mass is 10.1. The Bertz CT molecular complexity index is 1110. The first-order valence-corrected chi connectivity index (χ1v) is 12.6. The van der Waals surface area contributed by atoms with Gasteiger partial charge in [0.05, 0.1) is 11.4 Å². The molecule has 5 heteroatoms. The molecule has 1 heterocycles. The maximum absolute atomic E-state index is 10.5. The molecule has 3 aromatic carbocycles. The summed E-state index contributed by atoms with van der Waals surface area (Å²) in [5.41, 5.74) is 5.43. The highest BCUT2D eigenvalue weighted by molar-refractivity contribution is 7.96. The van der Waals surface area contributed by atoms with Crippen LogP contribution < -0.4 is 4.74 Å². The van der Waals surface area contributed by atoms with Gasteiger partial charge in [0.1, 0.15) is 18.1 Å². The van der Waals surface area contributed by atoms with E-state index >= 15 is 0 Å². The van der Waals surface area contributed by atoms with Crippen molar-refractivity contribution < 1.29 is 9.53 Å². The Hall–Kier alpha value is -3.31. The number of rotatable bonds is 9. The number of aromatic nitrogens is 2. The Labute approximate surface area is 214 Å². The Balaban J connectivity index is 0.000000371. The topological polar surface area (TPSA) is 44.1 Å². The summed E-state index contributed by atoms with van der Waals surface area (Å²) in [7, 11) is 0. The molecule has 0 bridgehead atoms. The third kappa shape index (κ3) is 7.59. The van der Waals surface area contributed by atoms with Gasteiger partial charge in [0.25, 0.3) is 0 Å². The van der Waals surface area contributed by atoms with Crippen molar-refractivity contribution >= 4 is 17.7 Å². The van der Waals surface area contributed by atoms with Gasteiger partial charge in [-0.2, -0.15) is 5.10 Å². The van der Waals surface area contributed by atoms with Crippen molar-refractivity contribution in [2.24, 2.45) is 5.92 Å². The van der Waals surface area contributed by atoms with Crippen molar-refractivity contribution in [3.05, 3.63) is 102 Å². The smallest absolute Gasteiger partial charge is 0.188 e. The average Bonchev–Trinajstić information content (AvgIpc) is 3.34. The number of ether oxygens (including phenoxy) is 1. The van der Waals surface area contributed by atoms with Crippen molar-refractivity contribution in [3.63, 3.8) is 0 Å². The molecule has 0 atom stereocenters. The van der Waals surface area contributed by atoms with Gasteiger partial charge in [-0.05, 0) is 55.2 Å². The van der Waals surface area contributed by atoms with E-state index in [1.165, 1.54) is 5.56 Å². The Morgan fingerprint density at radius 1 is 0.886 bits per heavy atom. The van der Waals surface area contributed by atoms with Crippen molar-refractivity contribution in [1.82, 2.24) is 9.78 Å². The number of hydrogen-bond acceptors (Lipinski definition) is 3. The third-order valence-electron chi connectivity index (χ3n) is 5.88. The fourth-order valence-corrected chi connectivity index (χ4v) is 4.06. The van der Waals surface area contributed by atoms with Gasteiger partial charge < -0.3 is 4.74 Å². The fourth-order valence-electron chi connectivity index (χ4n) is 3.70. The van der Waals surface area contributed by atoms with Crippen molar-refractivity contribution in [1.29, 1.82) is 0 Å². The maximum atomic E-state index is 10.5. The van der Waals surface area contributed by atoms with E-state index in [0.29, 0.717) is 6.61 Å². The predicted molar refractivity (Wildman–Crippen MR) is 147 cm³/mol. The highest BCUT2D eigenvalue weighted by Gasteiger charge is 2.12. The third-order valence-corrected chi connectivity index (χ3v) is 6.25. The van der Waals surface area contributed by atoms with Gasteiger partial charge in [-0.25, -0.2) is 4.68 Å². The van der Waals surface area contributed by atoms with Crippen LogP contribution in [0.1, 0.15) is 44.9 Å². The highest BCUT2D eigenvalue weighted by atomic mass is 32.1. The molecule has 0 saturated heterocycles. The molecule has 0 spiro atoms. The molecule has 4 aromatic rings. The van der Waals surface area contributed by atoms with E-state index in [4.69, 9.17) is 9.84 Å². The molecular weight excluding hydrogens is 452 g/mol. The van der Waals surface area contributed by atoms with Crippen LogP contribution in [0.5, 0.6) is 5.75 Å². The van der Waals surface area contributed by atoms with E-state index < -0.39 is 0 Å².